The van der Waals surface area contributed by atoms with Crippen molar-refractivity contribution in [2.45, 2.75) is 20.3 Å². The van der Waals surface area contributed by atoms with Gasteiger partial charge in [-0.05, 0) is 30.0 Å². The van der Waals surface area contributed by atoms with Gasteiger partial charge in [-0.1, -0.05) is 44.2 Å². The molecule has 17 heavy (non-hydrogen) atoms. The van der Waals surface area contributed by atoms with Crippen molar-refractivity contribution in [3.63, 3.8) is 0 Å². The van der Waals surface area contributed by atoms with E-state index >= 15 is 0 Å². The van der Waals surface area contributed by atoms with Crippen LogP contribution in [0.2, 0.25) is 0 Å². The highest BCUT2D eigenvalue weighted by Crippen LogP contribution is 2.18. The van der Waals surface area contributed by atoms with Crippen LogP contribution in [0.5, 0.6) is 0 Å². The predicted molar refractivity (Wildman–Crippen MR) is 68.2 cm³/mol. The lowest BCUT2D eigenvalue weighted by Gasteiger charge is -2.06. The minimum atomic E-state index is -0.436. The zero-order valence-electron chi connectivity index (χ0n) is 10.2. The van der Waals surface area contributed by atoms with Gasteiger partial charge in [0.05, 0.1) is 5.69 Å². The van der Waals surface area contributed by atoms with Gasteiger partial charge >= 0.3 is 0 Å². The number of pyridine rings is 1. The maximum absolute atomic E-state index is 13.0. The molecule has 0 spiro atoms. The second kappa shape index (κ2) is 5.09. The van der Waals surface area contributed by atoms with Gasteiger partial charge in [-0.2, -0.15) is 4.39 Å². The van der Waals surface area contributed by atoms with Crippen molar-refractivity contribution in [2.24, 2.45) is 5.92 Å². The van der Waals surface area contributed by atoms with Crippen molar-refractivity contribution in [3.05, 3.63) is 54.0 Å². The average Bonchev–Trinajstić information content (AvgIpc) is 2.29. The number of halogens is 1. The van der Waals surface area contributed by atoms with Gasteiger partial charge in [-0.3, -0.25) is 0 Å². The van der Waals surface area contributed by atoms with Crippen molar-refractivity contribution in [2.75, 3.05) is 0 Å². The van der Waals surface area contributed by atoms with Crippen molar-refractivity contribution in [3.8, 4) is 11.3 Å². The van der Waals surface area contributed by atoms with Crippen LogP contribution in [0.25, 0.3) is 11.3 Å². The monoisotopic (exact) mass is 229 g/mol. The van der Waals surface area contributed by atoms with Gasteiger partial charge in [0, 0.05) is 5.56 Å². The normalized spacial score (nSPS) is 10.8. The topological polar surface area (TPSA) is 12.9 Å². The lowest BCUT2D eigenvalue weighted by Crippen LogP contribution is -1.94. The molecule has 0 amide bonds. The molecule has 1 aromatic heterocycles. The highest BCUT2D eigenvalue weighted by molar-refractivity contribution is 5.59. The van der Waals surface area contributed by atoms with Crippen LogP contribution in [0.15, 0.2) is 42.5 Å². The standard InChI is InChI=1S/C15H16FN/c1-11(2)10-12-6-8-13(9-7-12)14-4-3-5-15(16)17-14/h3-9,11H,10H2,1-2H3. The lowest BCUT2D eigenvalue weighted by atomic mass is 10.0. The van der Waals surface area contributed by atoms with Gasteiger partial charge < -0.3 is 0 Å². The van der Waals surface area contributed by atoms with E-state index in [1.54, 1.807) is 6.07 Å². The van der Waals surface area contributed by atoms with Crippen LogP contribution in [0.3, 0.4) is 0 Å². The molecule has 0 saturated carbocycles. The Bertz CT molecular complexity index is 489. The maximum Gasteiger partial charge on any atom is 0.213 e. The molecular weight excluding hydrogens is 213 g/mol. The first-order valence-corrected chi connectivity index (χ1v) is 5.87. The Labute approximate surface area is 101 Å². The molecule has 88 valence electrons. The summed E-state index contributed by atoms with van der Waals surface area (Å²) in [6.07, 6.45) is 1.07. The van der Waals surface area contributed by atoms with E-state index in [1.165, 1.54) is 11.6 Å². The van der Waals surface area contributed by atoms with E-state index in [1.807, 2.05) is 18.2 Å². The zero-order valence-corrected chi connectivity index (χ0v) is 10.2. The summed E-state index contributed by atoms with van der Waals surface area (Å²) in [5.74, 6) is 0.210. The van der Waals surface area contributed by atoms with Crippen molar-refractivity contribution in [1.82, 2.24) is 4.98 Å². The molecule has 0 radical (unpaired) electrons. The molecule has 1 aromatic carbocycles. The quantitative estimate of drug-likeness (QED) is 0.722. The van der Waals surface area contributed by atoms with Crippen molar-refractivity contribution >= 4 is 0 Å². The number of benzene rings is 1. The minimum Gasteiger partial charge on any atom is -0.220 e. The molecule has 0 saturated heterocycles. The minimum absolute atomic E-state index is 0.436. The van der Waals surface area contributed by atoms with Crippen molar-refractivity contribution < 1.29 is 4.39 Å². The van der Waals surface area contributed by atoms with Gasteiger partial charge in [-0.15, -0.1) is 0 Å². The molecule has 1 nitrogen and oxygen atoms in total. The Morgan fingerprint density at radius 3 is 2.35 bits per heavy atom. The van der Waals surface area contributed by atoms with E-state index in [0.29, 0.717) is 11.6 Å². The van der Waals surface area contributed by atoms with Gasteiger partial charge in [0.15, 0.2) is 0 Å². The zero-order chi connectivity index (χ0) is 12.3. The summed E-state index contributed by atoms with van der Waals surface area (Å²) in [7, 11) is 0. The molecule has 2 rings (SSSR count). The first-order chi connectivity index (χ1) is 8.15. The third-order valence-electron chi connectivity index (χ3n) is 2.61. The second-order valence-corrected chi connectivity index (χ2v) is 4.64. The predicted octanol–water partition coefficient (Wildman–Crippen LogP) is 4.09. The van der Waals surface area contributed by atoms with Crippen LogP contribution in [0.4, 0.5) is 4.39 Å². The van der Waals surface area contributed by atoms with E-state index in [2.05, 4.69) is 31.0 Å². The number of hydrogen-bond acceptors (Lipinski definition) is 1. The maximum atomic E-state index is 13.0. The molecule has 2 aromatic rings. The Morgan fingerprint density at radius 2 is 1.76 bits per heavy atom. The first-order valence-electron chi connectivity index (χ1n) is 5.87. The van der Waals surface area contributed by atoms with Gasteiger partial charge in [0.2, 0.25) is 5.95 Å². The molecule has 2 heteroatoms. The largest absolute Gasteiger partial charge is 0.220 e. The average molecular weight is 229 g/mol. The fourth-order valence-corrected chi connectivity index (χ4v) is 1.85. The number of hydrogen-bond donors (Lipinski definition) is 0. The molecule has 0 unspecified atom stereocenters. The molecule has 0 aliphatic carbocycles. The van der Waals surface area contributed by atoms with Gasteiger partial charge in [-0.25, -0.2) is 4.98 Å². The molecule has 0 aliphatic heterocycles. The van der Waals surface area contributed by atoms with E-state index in [9.17, 15) is 4.39 Å². The van der Waals surface area contributed by atoms with E-state index in [4.69, 9.17) is 0 Å². The van der Waals surface area contributed by atoms with E-state index in [0.717, 1.165) is 12.0 Å². The van der Waals surface area contributed by atoms with E-state index in [-0.39, 0.29) is 0 Å². The summed E-state index contributed by atoms with van der Waals surface area (Å²) >= 11 is 0. The van der Waals surface area contributed by atoms with Crippen LogP contribution in [-0.4, -0.2) is 4.98 Å². The smallest absolute Gasteiger partial charge is 0.213 e. The molecule has 0 N–H and O–H groups in total. The second-order valence-electron chi connectivity index (χ2n) is 4.64. The fourth-order valence-electron chi connectivity index (χ4n) is 1.85. The summed E-state index contributed by atoms with van der Waals surface area (Å²) in [6.45, 7) is 4.39. The molecule has 0 fully saturated rings. The Kier molecular flexibility index (Phi) is 3.52. The first kappa shape index (κ1) is 11.8. The summed E-state index contributed by atoms with van der Waals surface area (Å²) < 4.78 is 13.0. The highest BCUT2D eigenvalue weighted by Gasteiger charge is 2.02. The Hall–Kier alpha value is -1.70. The summed E-state index contributed by atoms with van der Waals surface area (Å²) in [6, 6.07) is 13.0. The van der Waals surface area contributed by atoms with Crippen LogP contribution >= 0.6 is 0 Å². The Balaban J connectivity index is 2.23. The van der Waals surface area contributed by atoms with Crippen LogP contribution < -0.4 is 0 Å². The highest BCUT2D eigenvalue weighted by atomic mass is 19.1. The summed E-state index contributed by atoms with van der Waals surface area (Å²) in [5.41, 5.74) is 2.94. The molecule has 0 bridgehead atoms. The molecular formula is C15H16FN. The van der Waals surface area contributed by atoms with Crippen LogP contribution in [0, 0.1) is 11.9 Å². The number of nitrogens with zero attached hydrogens (tertiary/aromatic N) is 1. The Morgan fingerprint density at radius 1 is 1.06 bits per heavy atom. The van der Waals surface area contributed by atoms with Crippen molar-refractivity contribution in [1.29, 1.82) is 0 Å². The summed E-state index contributed by atoms with van der Waals surface area (Å²) in [4.78, 5) is 3.87. The molecule has 1 heterocycles. The van der Waals surface area contributed by atoms with Gasteiger partial charge in [0.1, 0.15) is 0 Å². The SMILES string of the molecule is CC(C)Cc1ccc(-c2cccc(F)n2)cc1. The summed E-state index contributed by atoms with van der Waals surface area (Å²) in [5, 5.41) is 0. The fraction of sp³-hybridized carbons (Fsp3) is 0.267. The number of rotatable bonds is 3. The molecule has 0 aliphatic rings. The van der Waals surface area contributed by atoms with E-state index < -0.39 is 5.95 Å². The molecule has 0 atom stereocenters. The van der Waals surface area contributed by atoms with Crippen LogP contribution in [0.1, 0.15) is 19.4 Å². The van der Waals surface area contributed by atoms with Crippen LogP contribution in [-0.2, 0) is 6.42 Å². The van der Waals surface area contributed by atoms with Gasteiger partial charge in [0.25, 0.3) is 0 Å². The third-order valence-corrected chi connectivity index (χ3v) is 2.61. The number of aromatic nitrogens is 1. The third kappa shape index (κ3) is 3.13. The lowest BCUT2D eigenvalue weighted by molar-refractivity contribution is 0.585.